The minimum Gasteiger partial charge on any atom is -0.490 e. The fraction of sp³-hybridized carbons (Fsp3) is 0.536. The number of rotatable bonds is 3. The summed E-state index contributed by atoms with van der Waals surface area (Å²) in [5.74, 6) is 3.05. The summed E-state index contributed by atoms with van der Waals surface area (Å²) in [4.78, 5) is 14.7. The number of carbonyl (C=O) groups excluding carboxylic acids is 1. The molecule has 2 atom stereocenters. The smallest absolute Gasteiger partial charge is 0.410 e. The van der Waals surface area contributed by atoms with Gasteiger partial charge in [0.1, 0.15) is 17.2 Å². The molecule has 0 saturated heterocycles. The standard InChI is InChI=1S/C28H35ClN4O3/c1-18-6-5-7-23(14-18)35-22-11-8-19(9-12-22)26-31-30-25-17-32(27(34)36-28(2,3)4)16-20-15-21(29)10-13-24(20)33(25)26/h5-7,10,13-15,19-20,22,24H,8-9,11-12,16-17H2,1-4H3. The molecule has 7 nitrogen and oxygen atoms in total. The van der Waals surface area contributed by atoms with Crippen LogP contribution < -0.4 is 4.74 Å². The summed E-state index contributed by atoms with van der Waals surface area (Å²) < 4.78 is 14.2. The van der Waals surface area contributed by atoms with Gasteiger partial charge in [0.05, 0.1) is 18.7 Å². The van der Waals surface area contributed by atoms with Gasteiger partial charge in [-0.15, -0.1) is 10.2 Å². The van der Waals surface area contributed by atoms with Gasteiger partial charge >= 0.3 is 6.09 Å². The van der Waals surface area contributed by atoms with Crippen molar-refractivity contribution in [3.63, 3.8) is 0 Å². The second-order valence-electron chi connectivity index (χ2n) is 11.2. The molecule has 2 heterocycles. The van der Waals surface area contributed by atoms with Gasteiger partial charge in [-0.25, -0.2) is 4.79 Å². The van der Waals surface area contributed by atoms with E-state index in [0.717, 1.165) is 43.1 Å². The number of halogens is 1. The minimum atomic E-state index is -0.569. The Bertz CT molecular complexity index is 1170. The van der Waals surface area contributed by atoms with E-state index >= 15 is 0 Å². The number of ether oxygens (including phenoxy) is 2. The van der Waals surface area contributed by atoms with Crippen LogP contribution in [0, 0.1) is 12.8 Å². The lowest BCUT2D eigenvalue weighted by Gasteiger charge is -2.32. The number of hydrogen-bond acceptors (Lipinski definition) is 5. The van der Waals surface area contributed by atoms with Crippen LogP contribution in [0.2, 0.25) is 0 Å². The lowest BCUT2D eigenvalue weighted by molar-refractivity contribution is 0.0216. The maximum atomic E-state index is 13.0. The van der Waals surface area contributed by atoms with E-state index in [9.17, 15) is 4.79 Å². The molecule has 192 valence electrons. The SMILES string of the molecule is Cc1cccc(OC2CCC(c3nnc4n3C3C=CC(Cl)=CC3CN(C(=O)OC(C)(C)C)C4)CC2)c1. The summed E-state index contributed by atoms with van der Waals surface area (Å²) in [7, 11) is 0. The van der Waals surface area contributed by atoms with Crippen LogP contribution in [0.5, 0.6) is 5.75 Å². The van der Waals surface area contributed by atoms with Crippen LogP contribution in [0.4, 0.5) is 4.79 Å². The van der Waals surface area contributed by atoms with Gasteiger partial charge in [0.2, 0.25) is 0 Å². The fourth-order valence-electron chi connectivity index (χ4n) is 5.45. The van der Waals surface area contributed by atoms with Gasteiger partial charge in [0, 0.05) is 23.4 Å². The van der Waals surface area contributed by atoms with Crippen molar-refractivity contribution in [2.45, 2.75) is 83.6 Å². The first kappa shape index (κ1) is 24.9. The number of hydrogen-bond donors (Lipinski definition) is 0. The number of carbonyl (C=O) groups is 1. The number of amides is 1. The summed E-state index contributed by atoms with van der Waals surface area (Å²) >= 11 is 6.39. The number of aromatic nitrogens is 3. The highest BCUT2D eigenvalue weighted by Gasteiger charge is 2.38. The molecular weight excluding hydrogens is 476 g/mol. The lowest BCUT2D eigenvalue weighted by Crippen LogP contribution is -2.38. The molecule has 1 amide bonds. The molecule has 2 aromatic rings. The van der Waals surface area contributed by atoms with Gasteiger partial charge < -0.3 is 14.0 Å². The molecule has 0 spiro atoms. The Hall–Kier alpha value is -2.80. The fourth-order valence-corrected chi connectivity index (χ4v) is 5.69. The third-order valence-electron chi connectivity index (χ3n) is 7.10. The number of benzene rings is 1. The predicted octanol–water partition coefficient (Wildman–Crippen LogP) is 6.29. The maximum Gasteiger partial charge on any atom is 0.410 e. The lowest BCUT2D eigenvalue weighted by atomic mass is 9.86. The van der Waals surface area contributed by atoms with Crippen LogP contribution in [0.15, 0.2) is 47.5 Å². The van der Waals surface area contributed by atoms with Crippen molar-refractivity contribution in [1.29, 1.82) is 0 Å². The van der Waals surface area contributed by atoms with Crippen LogP contribution in [0.3, 0.4) is 0 Å². The molecule has 0 bridgehead atoms. The molecule has 1 saturated carbocycles. The first-order valence-corrected chi connectivity index (χ1v) is 13.2. The van der Waals surface area contributed by atoms with Gasteiger partial charge in [0.15, 0.2) is 5.82 Å². The van der Waals surface area contributed by atoms with E-state index in [4.69, 9.17) is 21.1 Å². The quantitative estimate of drug-likeness (QED) is 0.485. The highest BCUT2D eigenvalue weighted by molar-refractivity contribution is 6.31. The predicted molar refractivity (Wildman–Crippen MR) is 139 cm³/mol. The Morgan fingerprint density at radius 1 is 1.14 bits per heavy atom. The van der Waals surface area contributed by atoms with Crippen molar-refractivity contribution < 1.29 is 14.3 Å². The van der Waals surface area contributed by atoms with Crippen molar-refractivity contribution in [3.05, 3.63) is 64.7 Å². The van der Waals surface area contributed by atoms with Crippen molar-refractivity contribution in [3.8, 4) is 5.75 Å². The molecule has 1 aromatic heterocycles. The van der Waals surface area contributed by atoms with Crippen LogP contribution in [-0.2, 0) is 11.3 Å². The normalized spacial score (nSPS) is 25.9. The highest BCUT2D eigenvalue weighted by Crippen LogP contribution is 2.40. The largest absolute Gasteiger partial charge is 0.490 e. The molecule has 2 aliphatic carbocycles. The molecule has 1 aliphatic heterocycles. The molecule has 5 rings (SSSR count). The second kappa shape index (κ2) is 9.92. The van der Waals surface area contributed by atoms with Crippen molar-refractivity contribution in [2.24, 2.45) is 5.92 Å². The molecule has 2 unspecified atom stereocenters. The maximum absolute atomic E-state index is 13.0. The molecule has 0 N–H and O–H groups in total. The zero-order valence-electron chi connectivity index (χ0n) is 21.5. The summed E-state index contributed by atoms with van der Waals surface area (Å²) in [6, 6.07) is 8.26. The molecule has 1 fully saturated rings. The van der Waals surface area contributed by atoms with E-state index in [1.807, 2.05) is 45.1 Å². The van der Waals surface area contributed by atoms with Crippen molar-refractivity contribution >= 4 is 17.7 Å². The zero-order valence-corrected chi connectivity index (χ0v) is 22.2. The third kappa shape index (κ3) is 5.46. The number of allylic oxidation sites excluding steroid dienone is 3. The average Bonchev–Trinajstić information content (AvgIpc) is 3.14. The van der Waals surface area contributed by atoms with Gasteiger partial charge in [-0.1, -0.05) is 35.9 Å². The summed E-state index contributed by atoms with van der Waals surface area (Å²) in [6.07, 6.45) is 9.88. The van der Waals surface area contributed by atoms with Crippen LogP contribution in [0.1, 0.15) is 75.6 Å². The first-order valence-electron chi connectivity index (χ1n) is 12.9. The molecule has 0 radical (unpaired) electrons. The molecule has 36 heavy (non-hydrogen) atoms. The summed E-state index contributed by atoms with van der Waals surface area (Å²) in [5, 5.41) is 9.93. The molecule has 8 heteroatoms. The number of nitrogens with zero attached hydrogens (tertiary/aromatic N) is 4. The zero-order chi connectivity index (χ0) is 25.4. The number of aryl methyl sites for hydroxylation is 1. The highest BCUT2D eigenvalue weighted by atomic mass is 35.5. The van der Waals surface area contributed by atoms with Gasteiger partial charge in [-0.2, -0.15) is 0 Å². The summed E-state index contributed by atoms with van der Waals surface area (Å²) in [5.41, 5.74) is 0.637. The Balaban J connectivity index is 1.35. The Kier molecular flexibility index (Phi) is 6.86. The van der Waals surface area contributed by atoms with Crippen LogP contribution in [0.25, 0.3) is 0 Å². The second-order valence-corrected chi connectivity index (χ2v) is 11.6. The summed E-state index contributed by atoms with van der Waals surface area (Å²) in [6.45, 7) is 8.60. The van der Waals surface area contributed by atoms with Gasteiger partial charge in [-0.3, -0.25) is 4.90 Å². The minimum absolute atomic E-state index is 0.0150. The van der Waals surface area contributed by atoms with Crippen LogP contribution in [-0.4, -0.2) is 44.0 Å². The average molecular weight is 511 g/mol. The monoisotopic (exact) mass is 510 g/mol. The van der Waals surface area contributed by atoms with Crippen molar-refractivity contribution in [2.75, 3.05) is 6.54 Å². The third-order valence-corrected chi connectivity index (χ3v) is 7.35. The molecule has 1 aromatic carbocycles. The number of fused-ring (bicyclic) bond motifs is 3. The Morgan fingerprint density at radius 2 is 1.92 bits per heavy atom. The van der Waals surface area contributed by atoms with E-state index < -0.39 is 5.60 Å². The van der Waals surface area contributed by atoms with E-state index in [1.54, 1.807) is 4.90 Å². The van der Waals surface area contributed by atoms with E-state index in [0.29, 0.717) is 24.0 Å². The topological polar surface area (TPSA) is 69.5 Å². The molecular formula is C28H35ClN4O3. The van der Waals surface area contributed by atoms with E-state index in [1.165, 1.54) is 5.56 Å². The van der Waals surface area contributed by atoms with Crippen molar-refractivity contribution in [1.82, 2.24) is 19.7 Å². The van der Waals surface area contributed by atoms with E-state index in [-0.39, 0.29) is 24.2 Å². The van der Waals surface area contributed by atoms with Crippen LogP contribution >= 0.6 is 11.6 Å². The van der Waals surface area contributed by atoms with Gasteiger partial charge in [-0.05, 0) is 77.2 Å². The Morgan fingerprint density at radius 3 is 2.64 bits per heavy atom. The van der Waals surface area contributed by atoms with E-state index in [2.05, 4.69) is 39.9 Å². The van der Waals surface area contributed by atoms with Gasteiger partial charge in [0.25, 0.3) is 0 Å². The Labute approximate surface area is 218 Å². The molecule has 3 aliphatic rings. The first-order chi connectivity index (χ1) is 17.2.